The molecule has 0 unspecified atom stereocenters. The SMILES string of the molecule is Cl.N=C(N)c1ccc2c(c1)C(=Cc1ccc3ccccc3c1)C(=O)N2. The molecule has 1 heterocycles. The van der Waals surface area contributed by atoms with Gasteiger partial charge >= 0.3 is 0 Å². The Bertz CT molecular complexity index is 1040. The van der Waals surface area contributed by atoms with E-state index in [-0.39, 0.29) is 24.1 Å². The van der Waals surface area contributed by atoms with Crippen molar-refractivity contribution in [1.82, 2.24) is 0 Å². The summed E-state index contributed by atoms with van der Waals surface area (Å²) in [4.78, 5) is 12.3. The molecule has 1 aliphatic rings. The Hall–Kier alpha value is -3.11. The Morgan fingerprint density at radius 3 is 2.52 bits per heavy atom. The molecule has 4 nitrogen and oxygen atoms in total. The van der Waals surface area contributed by atoms with Crippen molar-refractivity contribution in [2.45, 2.75) is 0 Å². The molecule has 4 N–H and O–H groups in total. The molecule has 0 atom stereocenters. The predicted molar refractivity (Wildman–Crippen MR) is 105 cm³/mol. The lowest BCUT2D eigenvalue weighted by Gasteiger charge is -2.04. The summed E-state index contributed by atoms with van der Waals surface area (Å²) in [7, 11) is 0. The summed E-state index contributed by atoms with van der Waals surface area (Å²) in [6, 6.07) is 19.5. The monoisotopic (exact) mass is 349 g/mol. The van der Waals surface area contributed by atoms with Crippen LogP contribution in [0.3, 0.4) is 0 Å². The molecular formula is C20H16ClN3O. The van der Waals surface area contributed by atoms with Gasteiger partial charge in [-0.2, -0.15) is 0 Å². The van der Waals surface area contributed by atoms with Gasteiger partial charge in [-0.3, -0.25) is 10.2 Å². The van der Waals surface area contributed by atoms with E-state index >= 15 is 0 Å². The third kappa shape index (κ3) is 2.99. The average molecular weight is 350 g/mol. The van der Waals surface area contributed by atoms with Crippen molar-refractivity contribution in [2.75, 3.05) is 5.32 Å². The number of carbonyl (C=O) groups is 1. The average Bonchev–Trinajstić information content (AvgIpc) is 2.89. The third-order valence-corrected chi connectivity index (χ3v) is 4.20. The molecular weight excluding hydrogens is 334 g/mol. The lowest BCUT2D eigenvalue weighted by Crippen LogP contribution is -2.10. The maximum absolute atomic E-state index is 12.3. The van der Waals surface area contributed by atoms with Gasteiger partial charge in [0.1, 0.15) is 5.84 Å². The number of amides is 1. The maximum atomic E-state index is 12.3. The third-order valence-electron chi connectivity index (χ3n) is 4.20. The molecule has 1 aliphatic heterocycles. The molecule has 3 aromatic rings. The van der Waals surface area contributed by atoms with E-state index in [4.69, 9.17) is 11.1 Å². The van der Waals surface area contributed by atoms with Crippen molar-refractivity contribution in [3.8, 4) is 0 Å². The number of halogens is 1. The summed E-state index contributed by atoms with van der Waals surface area (Å²) in [5.41, 5.74) is 9.24. The molecule has 4 rings (SSSR count). The first kappa shape index (κ1) is 16.7. The van der Waals surface area contributed by atoms with Gasteiger partial charge in [0.15, 0.2) is 0 Å². The van der Waals surface area contributed by atoms with Gasteiger partial charge in [-0.15, -0.1) is 12.4 Å². The molecule has 0 radical (unpaired) electrons. The van der Waals surface area contributed by atoms with Gasteiger partial charge in [0.2, 0.25) is 0 Å². The van der Waals surface area contributed by atoms with Gasteiger partial charge in [0, 0.05) is 22.4 Å². The number of nitrogens with one attached hydrogen (secondary N) is 2. The number of carbonyl (C=O) groups excluding carboxylic acids is 1. The highest BCUT2D eigenvalue weighted by Crippen LogP contribution is 2.34. The molecule has 124 valence electrons. The van der Waals surface area contributed by atoms with Crippen LogP contribution < -0.4 is 11.1 Å². The lowest BCUT2D eigenvalue weighted by molar-refractivity contribution is -0.110. The smallest absolute Gasteiger partial charge is 0.256 e. The molecule has 0 aliphatic carbocycles. The van der Waals surface area contributed by atoms with Crippen LogP contribution in [-0.4, -0.2) is 11.7 Å². The van der Waals surface area contributed by atoms with Gasteiger partial charge in [-0.1, -0.05) is 36.4 Å². The van der Waals surface area contributed by atoms with E-state index in [9.17, 15) is 4.79 Å². The molecule has 0 bridgehead atoms. The number of fused-ring (bicyclic) bond motifs is 2. The van der Waals surface area contributed by atoms with Crippen LogP contribution in [0.5, 0.6) is 0 Å². The molecule has 3 aromatic carbocycles. The molecule has 0 saturated carbocycles. The highest BCUT2D eigenvalue weighted by atomic mass is 35.5. The molecule has 0 fully saturated rings. The van der Waals surface area contributed by atoms with Crippen molar-refractivity contribution >= 4 is 52.3 Å². The van der Waals surface area contributed by atoms with Gasteiger partial charge in [-0.05, 0) is 46.7 Å². The van der Waals surface area contributed by atoms with Crippen LogP contribution in [0, 0.1) is 5.41 Å². The quantitative estimate of drug-likeness (QED) is 0.371. The second-order valence-corrected chi connectivity index (χ2v) is 5.79. The zero-order valence-electron chi connectivity index (χ0n) is 13.2. The minimum atomic E-state index is -0.140. The zero-order chi connectivity index (χ0) is 16.7. The Labute approximate surface area is 151 Å². The van der Waals surface area contributed by atoms with Gasteiger partial charge in [-0.25, -0.2) is 0 Å². The van der Waals surface area contributed by atoms with E-state index in [0.29, 0.717) is 11.1 Å². The second-order valence-electron chi connectivity index (χ2n) is 5.79. The van der Waals surface area contributed by atoms with Crippen LogP contribution in [0.25, 0.3) is 22.4 Å². The standard InChI is InChI=1S/C20H15N3O.ClH/c21-19(22)15-7-8-18-16(11-15)17(20(24)23-18)10-12-5-6-13-3-1-2-4-14(13)9-12;/h1-11H,(H3,21,22)(H,23,24);1H. The van der Waals surface area contributed by atoms with Crippen LogP contribution in [-0.2, 0) is 4.79 Å². The first-order valence-electron chi connectivity index (χ1n) is 7.62. The summed E-state index contributed by atoms with van der Waals surface area (Å²) in [6.07, 6.45) is 1.87. The number of hydrogen-bond donors (Lipinski definition) is 3. The Morgan fingerprint density at radius 1 is 1.00 bits per heavy atom. The Morgan fingerprint density at radius 2 is 1.76 bits per heavy atom. The summed E-state index contributed by atoms with van der Waals surface area (Å²) < 4.78 is 0. The molecule has 0 aromatic heterocycles. The highest BCUT2D eigenvalue weighted by molar-refractivity contribution is 6.35. The van der Waals surface area contributed by atoms with Crippen LogP contribution in [0.4, 0.5) is 5.69 Å². The number of anilines is 1. The van der Waals surface area contributed by atoms with E-state index in [1.165, 1.54) is 0 Å². The van der Waals surface area contributed by atoms with E-state index in [1.54, 1.807) is 18.2 Å². The first-order valence-corrected chi connectivity index (χ1v) is 7.62. The number of nitrogens with two attached hydrogens (primary N) is 1. The molecule has 25 heavy (non-hydrogen) atoms. The lowest BCUT2D eigenvalue weighted by atomic mass is 10.00. The minimum absolute atomic E-state index is 0. The second kappa shape index (κ2) is 6.42. The van der Waals surface area contributed by atoms with Crippen molar-refractivity contribution in [1.29, 1.82) is 5.41 Å². The zero-order valence-corrected chi connectivity index (χ0v) is 14.1. The highest BCUT2D eigenvalue weighted by Gasteiger charge is 2.24. The molecule has 5 heteroatoms. The number of benzene rings is 3. The number of amidine groups is 1. The van der Waals surface area contributed by atoms with Crippen LogP contribution in [0.2, 0.25) is 0 Å². The van der Waals surface area contributed by atoms with Crippen molar-refractivity contribution in [3.05, 3.63) is 77.4 Å². The molecule has 0 spiro atoms. The fraction of sp³-hybridized carbons (Fsp3) is 0. The van der Waals surface area contributed by atoms with Crippen molar-refractivity contribution in [3.63, 3.8) is 0 Å². The Balaban J connectivity index is 0.00000182. The predicted octanol–water partition coefficient (Wildman–Crippen LogP) is 4.04. The normalized spacial score (nSPS) is 14.1. The number of hydrogen-bond acceptors (Lipinski definition) is 2. The summed E-state index contributed by atoms with van der Waals surface area (Å²) in [5, 5.41) is 12.7. The van der Waals surface area contributed by atoms with Gasteiger partial charge in [0.25, 0.3) is 5.91 Å². The fourth-order valence-corrected chi connectivity index (χ4v) is 2.96. The molecule has 1 amide bonds. The molecule has 0 saturated heterocycles. The van der Waals surface area contributed by atoms with Gasteiger partial charge in [0.05, 0.1) is 0 Å². The van der Waals surface area contributed by atoms with Crippen LogP contribution >= 0.6 is 12.4 Å². The first-order chi connectivity index (χ1) is 11.6. The van der Waals surface area contributed by atoms with E-state index < -0.39 is 0 Å². The maximum Gasteiger partial charge on any atom is 0.256 e. The van der Waals surface area contributed by atoms with Gasteiger partial charge < -0.3 is 11.1 Å². The van der Waals surface area contributed by atoms with Crippen LogP contribution in [0.1, 0.15) is 16.7 Å². The van der Waals surface area contributed by atoms with E-state index in [2.05, 4.69) is 17.4 Å². The van der Waals surface area contributed by atoms with Crippen molar-refractivity contribution < 1.29 is 4.79 Å². The minimum Gasteiger partial charge on any atom is -0.384 e. The van der Waals surface area contributed by atoms with E-state index in [1.807, 2.05) is 36.4 Å². The topological polar surface area (TPSA) is 79.0 Å². The summed E-state index contributed by atoms with van der Waals surface area (Å²) in [6.45, 7) is 0. The Kier molecular flexibility index (Phi) is 4.30. The van der Waals surface area contributed by atoms with Crippen LogP contribution in [0.15, 0.2) is 60.7 Å². The van der Waals surface area contributed by atoms with Crippen molar-refractivity contribution in [2.24, 2.45) is 5.73 Å². The van der Waals surface area contributed by atoms with E-state index in [0.717, 1.165) is 27.6 Å². The largest absolute Gasteiger partial charge is 0.384 e. The number of nitrogen functional groups attached to an aromatic ring is 1. The fourth-order valence-electron chi connectivity index (χ4n) is 2.96. The number of rotatable bonds is 2. The summed E-state index contributed by atoms with van der Waals surface area (Å²) in [5.74, 6) is -0.152. The summed E-state index contributed by atoms with van der Waals surface area (Å²) >= 11 is 0.